The molecule has 0 aliphatic carbocycles. The van der Waals surface area contributed by atoms with Crippen LogP contribution in [0.3, 0.4) is 0 Å². The second-order valence-electron chi connectivity index (χ2n) is 5.19. The third-order valence-corrected chi connectivity index (χ3v) is 4.73. The summed E-state index contributed by atoms with van der Waals surface area (Å²) in [7, 11) is 0. The lowest BCUT2D eigenvalue weighted by atomic mass is 10.1. The number of hydrogen-bond acceptors (Lipinski definition) is 3. The number of aliphatic hydroxyl groups is 1. The average Bonchev–Trinajstić information content (AvgIpc) is 2.50. The van der Waals surface area contributed by atoms with E-state index >= 15 is 0 Å². The topological polar surface area (TPSA) is 49.8 Å². The minimum absolute atomic E-state index is 0.0275. The lowest BCUT2D eigenvalue weighted by Crippen LogP contribution is -2.43. The molecule has 0 spiro atoms. The molecular formula is C15H19Br2NO3. The minimum Gasteiger partial charge on any atom is -0.479 e. The largest absolute Gasteiger partial charge is 0.479 e. The van der Waals surface area contributed by atoms with Gasteiger partial charge in [0, 0.05) is 13.1 Å². The Kier molecular flexibility index (Phi) is 6.08. The second kappa shape index (κ2) is 7.61. The summed E-state index contributed by atoms with van der Waals surface area (Å²) in [5.74, 6) is 0.616. The quantitative estimate of drug-likeness (QED) is 0.810. The minimum atomic E-state index is -0.532. The summed E-state index contributed by atoms with van der Waals surface area (Å²) < 4.78 is 7.27. The zero-order valence-electron chi connectivity index (χ0n) is 11.9. The van der Waals surface area contributed by atoms with Crippen molar-refractivity contribution in [2.45, 2.75) is 38.9 Å². The smallest absolute Gasteiger partial charge is 0.263 e. The molecule has 0 aromatic heterocycles. The molecule has 4 nitrogen and oxygen atoms in total. The van der Waals surface area contributed by atoms with Crippen molar-refractivity contribution in [2.75, 3.05) is 13.1 Å². The van der Waals surface area contributed by atoms with Gasteiger partial charge in [-0.25, -0.2) is 0 Å². The van der Waals surface area contributed by atoms with E-state index in [0.29, 0.717) is 5.75 Å². The number of nitrogens with zero attached hydrogens (tertiary/aromatic N) is 1. The summed E-state index contributed by atoms with van der Waals surface area (Å²) >= 11 is 6.84. The van der Waals surface area contributed by atoms with Gasteiger partial charge < -0.3 is 14.7 Å². The van der Waals surface area contributed by atoms with Crippen LogP contribution in [-0.2, 0) is 11.4 Å². The Hall–Kier alpha value is -0.590. The molecule has 1 aliphatic heterocycles. The summed E-state index contributed by atoms with van der Waals surface area (Å²) in [6, 6.07) is 3.58. The molecule has 1 atom stereocenters. The first-order valence-corrected chi connectivity index (χ1v) is 8.65. The van der Waals surface area contributed by atoms with Gasteiger partial charge >= 0.3 is 0 Å². The van der Waals surface area contributed by atoms with Crippen LogP contribution in [0.1, 0.15) is 31.7 Å². The highest BCUT2D eigenvalue weighted by Crippen LogP contribution is 2.35. The number of amides is 1. The Balaban J connectivity index is 2.08. The van der Waals surface area contributed by atoms with Gasteiger partial charge in [0.2, 0.25) is 0 Å². The normalized spacial score (nSPS) is 16.7. The van der Waals surface area contributed by atoms with Crippen molar-refractivity contribution in [1.29, 1.82) is 0 Å². The third-order valence-electron chi connectivity index (χ3n) is 3.55. The zero-order valence-corrected chi connectivity index (χ0v) is 15.1. The number of benzene rings is 1. The first-order valence-electron chi connectivity index (χ1n) is 7.07. The molecule has 1 aromatic rings. The van der Waals surface area contributed by atoms with Crippen LogP contribution in [0.4, 0.5) is 0 Å². The first-order chi connectivity index (χ1) is 10.0. The molecule has 2 rings (SSSR count). The van der Waals surface area contributed by atoms with Gasteiger partial charge in [0.1, 0.15) is 5.75 Å². The lowest BCUT2D eigenvalue weighted by Gasteiger charge is -2.29. The number of likely N-dealkylation sites (tertiary alicyclic amines) is 1. The summed E-state index contributed by atoms with van der Waals surface area (Å²) in [5, 5.41) is 9.17. The van der Waals surface area contributed by atoms with Crippen LogP contribution in [0.15, 0.2) is 21.1 Å². The maximum Gasteiger partial charge on any atom is 0.263 e. The Morgan fingerprint density at radius 3 is 2.38 bits per heavy atom. The van der Waals surface area contributed by atoms with Crippen molar-refractivity contribution in [2.24, 2.45) is 0 Å². The highest BCUT2D eigenvalue weighted by Gasteiger charge is 2.24. The van der Waals surface area contributed by atoms with Crippen molar-refractivity contribution < 1.29 is 14.6 Å². The number of rotatable bonds is 4. The SMILES string of the molecule is CC(Oc1c(Br)cc(CO)cc1Br)C(=O)N1CCCCC1. The molecule has 21 heavy (non-hydrogen) atoms. The summed E-state index contributed by atoms with van der Waals surface area (Å²) in [6.07, 6.45) is 2.79. The van der Waals surface area contributed by atoms with Gasteiger partial charge in [-0.15, -0.1) is 0 Å². The highest BCUT2D eigenvalue weighted by atomic mass is 79.9. The number of carbonyl (C=O) groups excluding carboxylic acids is 1. The van der Waals surface area contributed by atoms with Crippen LogP contribution in [0, 0.1) is 0 Å². The Bertz CT molecular complexity index is 493. The number of aliphatic hydroxyl groups excluding tert-OH is 1. The van der Waals surface area contributed by atoms with Gasteiger partial charge in [-0.2, -0.15) is 0 Å². The van der Waals surface area contributed by atoms with Gasteiger partial charge in [-0.1, -0.05) is 0 Å². The predicted octanol–water partition coefficient (Wildman–Crippen LogP) is 3.48. The maximum absolute atomic E-state index is 12.4. The predicted molar refractivity (Wildman–Crippen MR) is 88.3 cm³/mol. The van der Waals surface area contributed by atoms with E-state index in [9.17, 15) is 9.90 Å². The zero-order chi connectivity index (χ0) is 15.4. The number of piperidine rings is 1. The number of carbonyl (C=O) groups is 1. The van der Waals surface area contributed by atoms with E-state index in [-0.39, 0.29) is 12.5 Å². The van der Waals surface area contributed by atoms with Crippen molar-refractivity contribution in [3.05, 3.63) is 26.6 Å². The molecule has 1 fully saturated rings. The fourth-order valence-corrected chi connectivity index (χ4v) is 3.88. The van der Waals surface area contributed by atoms with Gasteiger partial charge in [-0.05, 0) is 75.7 Å². The first kappa shape index (κ1) is 16.8. The van der Waals surface area contributed by atoms with E-state index < -0.39 is 6.10 Å². The van der Waals surface area contributed by atoms with Crippen molar-refractivity contribution >= 4 is 37.8 Å². The molecule has 1 heterocycles. The Morgan fingerprint density at radius 1 is 1.29 bits per heavy atom. The van der Waals surface area contributed by atoms with Gasteiger partial charge in [-0.3, -0.25) is 4.79 Å². The molecule has 1 N–H and O–H groups in total. The lowest BCUT2D eigenvalue weighted by molar-refractivity contribution is -0.138. The van der Waals surface area contributed by atoms with Crippen molar-refractivity contribution in [3.63, 3.8) is 0 Å². The maximum atomic E-state index is 12.4. The van der Waals surface area contributed by atoms with Crippen LogP contribution < -0.4 is 4.74 Å². The number of hydrogen-bond donors (Lipinski definition) is 1. The van der Waals surface area contributed by atoms with E-state index in [1.54, 1.807) is 19.1 Å². The Labute approximate surface area is 141 Å². The second-order valence-corrected chi connectivity index (χ2v) is 6.90. The molecule has 1 unspecified atom stereocenters. The van der Waals surface area contributed by atoms with Gasteiger partial charge in [0.15, 0.2) is 6.10 Å². The van der Waals surface area contributed by atoms with E-state index in [0.717, 1.165) is 40.4 Å². The summed E-state index contributed by atoms with van der Waals surface area (Å²) in [6.45, 7) is 3.37. The summed E-state index contributed by atoms with van der Waals surface area (Å²) in [4.78, 5) is 14.3. The van der Waals surface area contributed by atoms with Crippen molar-refractivity contribution in [1.82, 2.24) is 4.90 Å². The van der Waals surface area contributed by atoms with Gasteiger partial charge in [0.05, 0.1) is 15.6 Å². The van der Waals surface area contributed by atoms with E-state index in [1.807, 2.05) is 4.90 Å². The van der Waals surface area contributed by atoms with Crippen LogP contribution in [0.2, 0.25) is 0 Å². The molecule has 0 saturated carbocycles. The standard InChI is InChI=1S/C15H19Br2NO3/c1-10(15(20)18-5-3-2-4-6-18)21-14-12(16)7-11(9-19)8-13(14)17/h7-8,10,19H,2-6,9H2,1H3. The highest BCUT2D eigenvalue weighted by molar-refractivity contribution is 9.11. The van der Waals surface area contributed by atoms with E-state index in [1.165, 1.54) is 6.42 Å². The Morgan fingerprint density at radius 2 is 1.86 bits per heavy atom. The molecular weight excluding hydrogens is 402 g/mol. The summed E-state index contributed by atoms with van der Waals surface area (Å²) in [5.41, 5.74) is 0.774. The molecule has 0 radical (unpaired) electrons. The number of halogens is 2. The van der Waals surface area contributed by atoms with Crippen LogP contribution in [-0.4, -0.2) is 35.1 Å². The molecule has 116 valence electrons. The fourth-order valence-electron chi connectivity index (χ4n) is 2.41. The number of ether oxygens (including phenoxy) is 1. The average molecular weight is 421 g/mol. The molecule has 1 saturated heterocycles. The van der Waals surface area contributed by atoms with Gasteiger partial charge in [0.25, 0.3) is 5.91 Å². The third kappa shape index (κ3) is 4.20. The molecule has 1 aromatic carbocycles. The van der Waals surface area contributed by atoms with Crippen molar-refractivity contribution in [3.8, 4) is 5.75 Å². The van der Waals surface area contributed by atoms with E-state index in [4.69, 9.17) is 4.74 Å². The van der Waals surface area contributed by atoms with Crippen LogP contribution >= 0.6 is 31.9 Å². The van der Waals surface area contributed by atoms with E-state index in [2.05, 4.69) is 31.9 Å². The molecule has 1 amide bonds. The molecule has 6 heteroatoms. The van der Waals surface area contributed by atoms with Crippen LogP contribution in [0.5, 0.6) is 5.75 Å². The molecule has 1 aliphatic rings. The molecule has 0 bridgehead atoms. The monoisotopic (exact) mass is 419 g/mol. The van der Waals surface area contributed by atoms with Crippen LogP contribution in [0.25, 0.3) is 0 Å². The fraction of sp³-hybridized carbons (Fsp3) is 0.533.